The summed E-state index contributed by atoms with van der Waals surface area (Å²) in [6.07, 6.45) is 0. The smallest absolute Gasteiger partial charge is 0.161 e. The van der Waals surface area contributed by atoms with E-state index in [1.54, 1.807) is 0 Å². The highest BCUT2D eigenvalue weighted by atomic mass is 14.9. The van der Waals surface area contributed by atoms with Crippen molar-refractivity contribution in [2.75, 3.05) is 0 Å². The van der Waals surface area contributed by atoms with Crippen LogP contribution < -0.4 is 0 Å². The standard InChI is InChI=1S/C53H32N2/c1-2-14-33(15-3-1)34-20-12-21-39(28-34)51-41-23-9-11-27-49(41)54-52(55-51)42-24-13-26-46-50(42)40-22-8-10-25-45(40)53(46)47-31-37-18-6-4-16-35(37)29-43(47)44-30-36-17-5-7-19-38(36)32-48(44)53/h1-32H. The Kier molecular flexibility index (Phi) is 6.29. The third-order valence-electron chi connectivity index (χ3n) is 12.0. The van der Waals surface area contributed by atoms with Crippen molar-refractivity contribution in [3.05, 3.63) is 216 Å². The molecule has 0 saturated heterocycles. The third-order valence-corrected chi connectivity index (χ3v) is 12.0. The van der Waals surface area contributed by atoms with Crippen LogP contribution in [0.5, 0.6) is 0 Å². The summed E-state index contributed by atoms with van der Waals surface area (Å²) in [5, 5.41) is 6.05. The molecule has 0 amide bonds. The van der Waals surface area contributed by atoms with Crippen LogP contribution in [-0.2, 0) is 5.41 Å². The fourth-order valence-electron chi connectivity index (χ4n) is 9.68. The van der Waals surface area contributed by atoms with Crippen molar-refractivity contribution in [2.45, 2.75) is 5.41 Å². The minimum atomic E-state index is -0.510. The molecule has 0 saturated carbocycles. The van der Waals surface area contributed by atoms with E-state index in [4.69, 9.17) is 9.97 Å². The lowest BCUT2D eigenvalue weighted by Crippen LogP contribution is -2.26. The first-order valence-electron chi connectivity index (χ1n) is 19.0. The van der Waals surface area contributed by atoms with Gasteiger partial charge in [0.2, 0.25) is 0 Å². The van der Waals surface area contributed by atoms with Crippen molar-refractivity contribution >= 4 is 32.4 Å². The highest BCUT2D eigenvalue weighted by Crippen LogP contribution is 2.64. The Bertz CT molecular complexity index is 3130. The fraction of sp³-hybridized carbons (Fsp3) is 0.0189. The largest absolute Gasteiger partial charge is 0.228 e. The number of para-hydroxylation sites is 1. The molecule has 9 aromatic carbocycles. The van der Waals surface area contributed by atoms with Crippen LogP contribution in [0.2, 0.25) is 0 Å². The minimum Gasteiger partial charge on any atom is -0.228 e. The third kappa shape index (κ3) is 4.25. The predicted molar refractivity (Wildman–Crippen MR) is 227 cm³/mol. The van der Waals surface area contributed by atoms with Gasteiger partial charge in [-0.05, 0) is 114 Å². The number of benzene rings is 9. The highest BCUT2D eigenvalue weighted by molar-refractivity contribution is 6.05. The molecule has 0 atom stereocenters. The van der Waals surface area contributed by atoms with E-state index in [1.807, 2.05) is 0 Å². The van der Waals surface area contributed by atoms with Crippen LogP contribution >= 0.6 is 0 Å². The maximum atomic E-state index is 5.50. The van der Waals surface area contributed by atoms with Crippen molar-refractivity contribution in [1.82, 2.24) is 9.97 Å². The van der Waals surface area contributed by atoms with E-state index < -0.39 is 5.41 Å². The van der Waals surface area contributed by atoms with Gasteiger partial charge in [-0.15, -0.1) is 0 Å². The van der Waals surface area contributed by atoms with Crippen LogP contribution in [0.3, 0.4) is 0 Å². The van der Waals surface area contributed by atoms with Crippen molar-refractivity contribution in [3.63, 3.8) is 0 Å². The summed E-state index contributed by atoms with van der Waals surface area (Å²) < 4.78 is 0. The van der Waals surface area contributed by atoms with E-state index in [1.165, 1.54) is 71.6 Å². The summed E-state index contributed by atoms with van der Waals surface area (Å²) in [4.78, 5) is 10.8. The summed E-state index contributed by atoms with van der Waals surface area (Å²) in [7, 11) is 0. The van der Waals surface area contributed by atoms with Gasteiger partial charge in [0.05, 0.1) is 16.6 Å². The van der Waals surface area contributed by atoms with Crippen LogP contribution in [0.1, 0.15) is 22.3 Å². The van der Waals surface area contributed by atoms with Gasteiger partial charge in [-0.2, -0.15) is 0 Å². The molecule has 2 aliphatic rings. The first kappa shape index (κ1) is 30.3. The lowest BCUT2D eigenvalue weighted by Gasteiger charge is -2.31. The molecule has 254 valence electrons. The zero-order valence-corrected chi connectivity index (χ0v) is 29.9. The molecule has 0 N–H and O–H groups in total. The van der Waals surface area contributed by atoms with E-state index in [9.17, 15) is 0 Å². The van der Waals surface area contributed by atoms with Gasteiger partial charge in [0.25, 0.3) is 0 Å². The summed E-state index contributed by atoms with van der Waals surface area (Å²) >= 11 is 0. The Morgan fingerprint density at radius 3 is 1.62 bits per heavy atom. The molecule has 0 fully saturated rings. The second-order valence-electron chi connectivity index (χ2n) is 14.9. The lowest BCUT2D eigenvalue weighted by molar-refractivity contribution is 0.796. The van der Waals surface area contributed by atoms with E-state index in [-0.39, 0.29) is 0 Å². The number of fused-ring (bicyclic) bond motifs is 13. The average molecular weight is 697 g/mol. The molecule has 0 aliphatic heterocycles. The number of hydrogen-bond acceptors (Lipinski definition) is 2. The van der Waals surface area contributed by atoms with E-state index in [0.29, 0.717) is 0 Å². The van der Waals surface area contributed by atoms with Crippen LogP contribution in [0.25, 0.3) is 88.5 Å². The number of nitrogens with zero attached hydrogens (tertiary/aromatic N) is 2. The van der Waals surface area contributed by atoms with Gasteiger partial charge in [-0.1, -0.05) is 158 Å². The van der Waals surface area contributed by atoms with Gasteiger partial charge in [0, 0.05) is 16.5 Å². The Labute approximate surface area is 319 Å². The molecule has 1 heterocycles. The summed E-state index contributed by atoms with van der Waals surface area (Å²) in [6.45, 7) is 0. The quantitative estimate of drug-likeness (QED) is 0.184. The SMILES string of the molecule is c1ccc(-c2cccc(-c3nc(-c4cccc5c4-c4ccccc4C54c5cc6ccccc6cc5-c5cc6ccccc6cc54)nc4ccccc34)c2)cc1. The molecule has 2 heteroatoms. The molecule has 1 aromatic heterocycles. The second kappa shape index (κ2) is 11.4. The van der Waals surface area contributed by atoms with Crippen LogP contribution in [0.15, 0.2) is 194 Å². The Morgan fingerprint density at radius 2 is 0.873 bits per heavy atom. The predicted octanol–water partition coefficient (Wildman–Crippen LogP) is 13.3. The van der Waals surface area contributed by atoms with Crippen LogP contribution in [-0.4, -0.2) is 9.97 Å². The van der Waals surface area contributed by atoms with Crippen molar-refractivity contribution in [2.24, 2.45) is 0 Å². The van der Waals surface area contributed by atoms with E-state index >= 15 is 0 Å². The molecule has 2 aliphatic carbocycles. The average Bonchev–Trinajstić information content (AvgIpc) is 3.71. The van der Waals surface area contributed by atoms with Crippen molar-refractivity contribution < 1.29 is 0 Å². The van der Waals surface area contributed by atoms with Gasteiger partial charge >= 0.3 is 0 Å². The molecule has 0 radical (unpaired) electrons. The van der Waals surface area contributed by atoms with Gasteiger partial charge in [-0.3, -0.25) is 0 Å². The molecule has 55 heavy (non-hydrogen) atoms. The molecule has 1 spiro atoms. The molecule has 2 nitrogen and oxygen atoms in total. The van der Waals surface area contributed by atoms with Crippen LogP contribution in [0, 0.1) is 0 Å². The number of rotatable bonds is 3. The van der Waals surface area contributed by atoms with E-state index in [0.717, 1.165) is 39.1 Å². The summed E-state index contributed by atoms with van der Waals surface area (Å²) in [5.74, 6) is 0.734. The second-order valence-corrected chi connectivity index (χ2v) is 14.9. The maximum absolute atomic E-state index is 5.50. The highest BCUT2D eigenvalue weighted by Gasteiger charge is 2.52. The zero-order chi connectivity index (χ0) is 36.1. The van der Waals surface area contributed by atoms with Crippen LogP contribution in [0.4, 0.5) is 0 Å². The molecular weight excluding hydrogens is 665 g/mol. The van der Waals surface area contributed by atoms with Crippen molar-refractivity contribution in [3.8, 4) is 56.0 Å². The lowest BCUT2D eigenvalue weighted by atomic mass is 9.70. The normalized spacial score (nSPS) is 13.2. The molecule has 0 unspecified atom stereocenters. The number of aromatic nitrogens is 2. The van der Waals surface area contributed by atoms with Gasteiger partial charge < -0.3 is 0 Å². The minimum absolute atomic E-state index is 0.510. The van der Waals surface area contributed by atoms with Crippen molar-refractivity contribution in [1.29, 1.82) is 0 Å². The monoisotopic (exact) mass is 696 g/mol. The molecule has 0 bridgehead atoms. The first-order valence-corrected chi connectivity index (χ1v) is 19.0. The molecule has 10 aromatic rings. The van der Waals surface area contributed by atoms with Gasteiger partial charge in [0.15, 0.2) is 5.82 Å². The van der Waals surface area contributed by atoms with Gasteiger partial charge in [-0.25, -0.2) is 9.97 Å². The zero-order valence-electron chi connectivity index (χ0n) is 29.9. The Hall–Kier alpha value is -7.16. The number of hydrogen-bond donors (Lipinski definition) is 0. The summed E-state index contributed by atoms with van der Waals surface area (Å²) in [5.41, 5.74) is 16.1. The molecule has 12 rings (SSSR count). The maximum Gasteiger partial charge on any atom is 0.161 e. The van der Waals surface area contributed by atoms with E-state index in [2.05, 4.69) is 194 Å². The molecular formula is C53H32N2. The Morgan fingerprint density at radius 1 is 0.327 bits per heavy atom. The van der Waals surface area contributed by atoms with Gasteiger partial charge in [0.1, 0.15) is 0 Å². The first-order chi connectivity index (χ1) is 27.3. The Balaban J connectivity index is 1.16. The summed E-state index contributed by atoms with van der Waals surface area (Å²) in [6, 6.07) is 70.8. The fourth-order valence-corrected chi connectivity index (χ4v) is 9.68. The topological polar surface area (TPSA) is 25.8 Å².